The summed E-state index contributed by atoms with van der Waals surface area (Å²) >= 11 is 0. The Morgan fingerprint density at radius 2 is 2.18 bits per heavy atom. The zero-order valence-electron chi connectivity index (χ0n) is 10.1. The molecule has 0 amide bonds. The van der Waals surface area contributed by atoms with Gasteiger partial charge in [-0.3, -0.25) is 0 Å². The molecular formula is C13H17FN2O. The maximum absolute atomic E-state index is 13.1. The molecule has 17 heavy (non-hydrogen) atoms. The van der Waals surface area contributed by atoms with Gasteiger partial charge in [-0.25, -0.2) is 4.39 Å². The molecule has 0 heterocycles. The monoisotopic (exact) mass is 236 g/mol. The molecule has 0 bridgehead atoms. The first-order valence-electron chi connectivity index (χ1n) is 5.61. The Bertz CT molecular complexity index is 412. The van der Waals surface area contributed by atoms with Crippen molar-refractivity contribution in [2.75, 3.05) is 6.61 Å². The van der Waals surface area contributed by atoms with Gasteiger partial charge in [-0.1, -0.05) is 19.9 Å². The highest BCUT2D eigenvalue weighted by Gasteiger charge is 2.11. The highest BCUT2D eigenvalue weighted by molar-refractivity contribution is 5.34. The fourth-order valence-electron chi connectivity index (χ4n) is 1.53. The molecule has 4 heteroatoms. The zero-order chi connectivity index (χ0) is 12.8. The summed E-state index contributed by atoms with van der Waals surface area (Å²) in [5.74, 6) is -0.185. The second kappa shape index (κ2) is 6.33. The van der Waals surface area contributed by atoms with Crippen LogP contribution in [0.1, 0.15) is 25.0 Å². The zero-order valence-corrected chi connectivity index (χ0v) is 10.1. The minimum absolute atomic E-state index is 0.00517. The van der Waals surface area contributed by atoms with Crippen LogP contribution in [0.4, 0.5) is 4.39 Å². The van der Waals surface area contributed by atoms with E-state index in [1.54, 1.807) is 6.07 Å². The number of aliphatic hydroxyl groups is 1. The van der Waals surface area contributed by atoms with Gasteiger partial charge in [0, 0.05) is 12.6 Å². The van der Waals surface area contributed by atoms with E-state index in [4.69, 9.17) is 10.4 Å². The highest BCUT2D eigenvalue weighted by atomic mass is 19.1. The van der Waals surface area contributed by atoms with Crippen LogP contribution in [-0.4, -0.2) is 17.8 Å². The predicted octanol–water partition coefficient (Wildman–Crippen LogP) is 1.80. The number of hydrogen-bond donors (Lipinski definition) is 2. The van der Waals surface area contributed by atoms with Gasteiger partial charge in [-0.05, 0) is 23.6 Å². The van der Waals surface area contributed by atoms with Gasteiger partial charge in [-0.15, -0.1) is 0 Å². The molecule has 92 valence electrons. The Morgan fingerprint density at radius 1 is 1.47 bits per heavy atom. The highest BCUT2D eigenvalue weighted by Crippen LogP contribution is 2.10. The van der Waals surface area contributed by atoms with Crippen LogP contribution < -0.4 is 5.32 Å². The third-order valence-electron chi connectivity index (χ3n) is 2.72. The lowest BCUT2D eigenvalue weighted by atomic mass is 10.0. The molecule has 1 aromatic rings. The quantitative estimate of drug-likeness (QED) is 0.819. The van der Waals surface area contributed by atoms with Crippen molar-refractivity contribution in [1.29, 1.82) is 5.26 Å². The summed E-state index contributed by atoms with van der Waals surface area (Å²) in [5.41, 5.74) is 0.886. The number of rotatable bonds is 5. The van der Waals surface area contributed by atoms with Gasteiger partial charge in [-0.2, -0.15) is 5.26 Å². The van der Waals surface area contributed by atoms with Crippen LogP contribution in [0.2, 0.25) is 0 Å². The Kier molecular flexibility index (Phi) is 5.08. The second-order valence-corrected chi connectivity index (χ2v) is 4.34. The largest absolute Gasteiger partial charge is 0.395 e. The van der Waals surface area contributed by atoms with Crippen LogP contribution in [0.25, 0.3) is 0 Å². The normalized spacial score (nSPS) is 12.5. The van der Waals surface area contributed by atoms with Crippen LogP contribution >= 0.6 is 0 Å². The summed E-state index contributed by atoms with van der Waals surface area (Å²) in [6, 6.07) is 6.27. The summed E-state index contributed by atoms with van der Waals surface area (Å²) in [7, 11) is 0. The van der Waals surface area contributed by atoms with Crippen molar-refractivity contribution in [3.8, 4) is 6.07 Å². The van der Waals surface area contributed by atoms with Crippen LogP contribution in [0, 0.1) is 23.1 Å². The summed E-state index contributed by atoms with van der Waals surface area (Å²) in [6.45, 7) is 4.60. The van der Waals surface area contributed by atoms with Gasteiger partial charge >= 0.3 is 0 Å². The number of nitrogens with zero attached hydrogens (tertiary/aromatic N) is 1. The van der Waals surface area contributed by atoms with Gasteiger partial charge in [0.1, 0.15) is 11.9 Å². The van der Waals surface area contributed by atoms with Gasteiger partial charge in [0.2, 0.25) is 0 Å². The lowest BCUT2D eigenvalue weighted by molar-refractivity contribution is 0.210. The molecule has 0 radical (unpaired) electrons. The number of aliphatic hydroxyl groups excluding tert-OH is 1. The molecular weight excluding hydrogens is 219 g/mol. The molecule has 1 rings (SSSR count). The van der Waals surface area contributed by atoms with Crippen molar-refractivity contribution >= 4 is 0 Å². The third kappa shape index (κ3) is 3.81. The van der Waals surface area contributed by atoms with E-state index >= 15 is 0 Å². The Hall–Kier alpha value is -1.44. The third-order valence-corrected chi connectivity index (χ3v) is 2.72. The van der Waals surface area contributed by atoms with Crippen molar-refractivity contribution in [2.45, 2.75) is 26.4 Å². The number of hydrogen-bond acceptors (Lipinski definition) is 3. The van der Waals surface area contributed by atoms with E-state index in [1.165, 1.54) is 12.1 Å². The molecule has 0 spiro atoms. The van der Waals surface area contributed by atoms with Crippen molar-refractivity contribution in [1.82, 2.24) is 5.32 Å². The van der Waals surface area contributed by atoms with E-state index < -0.39 is 5.82 Å². The number of nitriles is 1. The van der Waals surface area contributed by atoms with E-state index in [9.17, 15) is 4.39 Å². The molecule has 0 saturated carbocycles. The average Bonchev–Trinajstić information content (AvgIpc) is 2.31. The molecule has 1 aromatic carbocycles. The molecule has 0 aromatic heterocycles. The van der Waals surface area contributed by atoms with E-state index in [-0.39, 0.29) is 18.2 Å². The number of halogens is 1. The number of benzene rings is 1. The first kappa shape index (κ1) is 13.6. The van der Waals surface area contributed by atoms with Crippen molar-refractivity contribution in [3.63, 3.8) is 0 Å². The maximum Gasteiger partial charge on any atom is 0.140 e. The lowest BCUT2D eigenvalue weighted by Gasteiger charge is -2.20. The van der Waals surface area contributed by atoms with E-state index in [2.05, 4.69) is 5.32 Å². The standard InChI is InChI=1S/C13H17FN2O/c1-9(2)13(8-17)16-7-10-3-4-12(14)11(5-10)6-15/h3-5,9,13,16-17H,7-8H2,1-2H3. The first-order valence-corrected chi connectivity index (χ1v) is 5.61. The molecule has 1 unspecified atom stereocenters. The smallest absolute Gasteiger partial charge is 0.140 e. The Balaban J connectivity index is 2.67. The van der Waals surface area contributed by atoms with Crippen molar-refractivity contribution in [2.24, 2.45) is 5.92 Å². The SMILES string of the molecule is CC(C)C(CO)NCc1ccc(F)c(C#N)c1. The van der Waals surface area contributed by atoms with Gasteiger partial charge in [0.25, 0.3) is 0 Å². The second-order valence-electron chi connectivity index (χ2n) is 4.34. The summed E-state index contributed by atoms with van der Waals surface area (Å²) in [5, 5.41) is 21.0. The Morgan fingerprint density at radius 3 is 2.71 bits per heavy atom. The van der Waals surface area contributed by atoms with Crippen molar-refractivity contribution in [3.05, 3.63) is 35.1 Å². The minimum atomic E-state index is -0.501. The lowest BCUT2D eigenvalue weighted by Crippen LogP contribution is -2.36. The summed E-state index contributed by atoms with van der Waals surface area (Å²) < 4.78 is 13.1. The maximum atomic E-state index is 13.1. The minimum Gasteiger partial charge on any atom is -0.395 e. The summed E-state index contributed by atoms with van der Waals surface area (Å²) in [6.07, 6.45) is 0. The molecule has 1 atom stereocenters. The van der Waals surface area contributed by atoms with E-state index in [0.717, 1.165) is 5.56 Å². The van der Waals surface area contributed by atoms with Gasteiger partial charge in [0.05, 0.1) is 12.2 Å². The van der Waals surface area contributed by atoms with Crippen LogP contribution in [0.15, 0.2) is 18.2 Å². The molecule has 3 nitrogen and oxygen atoms in total. The van der Waals surface area contributed by atoms with Gasteiger partial charge < -0.3 is 10.4 Å². The first-order chi connectivity index (χ1) is 8.08. The number of nitrogens with one attached hydrogen (secondary N) is 1. The van der Waals surface area contributed by atoms with E-state index in [1.807, 2.05) is 19.9 Å². The summed E-state index contributed by atoms with van der Waals surface area (Å²) in [4.78, 5) is 0. The van der Waals surface area contributed by atoms with Crippen LogP contribution in [0.5, 0.6) is 0 Å². The van der Waals surface area contributed by atoms with Crippen molar-refractivity contribution < 1.29 is 9.50 Å². The van der Waals surface area contributed by atoms with Gasteiger partial charge in [0.15, 0.2) is 0 Å². The molecule has 0 aliphatic heterocycles. The molecule has 0 aliphatic rings. The molecule has 0 aliphatic carbocycles. The van der Waals surface area contributed by atoms with Crippen LogP contribution in [0.3, 0.4) is 0 Å². The average molecular weight is 236 g/mol. The Labute approximate surface area is 101 Å². The molecule has 0 saturated heterocycles. The topological polar surface area (TPSA) is 56.0 Å². The fraction of sp³-hybridized carbons (Fsp3) is 0.462. The molecule has 2 N–H and O–H groups in total. The van der Waals surface area contributed by atoms with Crippen LogP contribution in [-0.2, 0) is 6.54 Å². The fourth-order valence-corrected chi connectivity index (χ4v) is 1.53. The molecule has 0 fully saturated rings. The van der Waals surface area contributed by atoms with E-state index in [0.29, 0.717) is 12.5 Å². The predicted molar refractivity (Wildman–Crippen MR) is 63.7 cm³/mol.